The van der Waals surface area contributed by atoms with E-state index in [1.807, 2.05) is 6.07 Å². The molecule has 1 aliphatic rings. The Labute approximate surface area is 121 Å². The summed E-state index contributed by atoms with van der Waals surface area (Å²) in [6.07, 6.45) is 2.56. The van der Waals surface area contributed by atoms with Gasteiger partial charge in [0.15, 0.2) is 0 Å². The van der Waals surface area contributed by atoms with Crippen molar-refractivity contribution in [1.82, 2.24) is 5.32 Å². The van der Waals surface area contributed by atoms with Gasteiger partial charge in [0.05, 0.1) is 0 Å². The third-order valence-electron chi connectivity index (χ3n) is 3.61. The molecule has 112 valence electrons. The first kappa shape index (κ1) is 15.0. The molecule has 0 aliphatic heterocycles. The van der Waals surface area contributed by atoms with E-state index in [4.69, 9.17) is 10.2 Å². The van der Waals surface area contributed by atoms with Crippen molar-refractivity contribution in [3.63, 3.8) is 0 Å². The first-order valence-electron chi connectivity index (χ1n) is 6.84. The lowest BCUT2D eigenvalue weighted by molar-refractivity contribution is -0.140. The highest BCUT2D eigenvalue weighted by Crippen LogP contribution is 2.22. The van der Waals surface area contributed by atoms with Gasteiger partial charge in [0.25, 0.3) is 5.91 Å². The van der Waals surface area contributed by atoms with Crippen LogP contribution in [0.1, 0.15) is 40.7 Å². The summed E-state index contributed by atoms with van der Waals surface area (Å²) < 4.78 is 0. The van der Waals surface area contributed by atoms with Crippen LogP contribution in [-0.4, -0.2) is 34.1 Å². The fourth-order valence-corrected chi connectivity index (χ4v) is 2.48. The van der Waals surface area contributed by atoms with Crippen LogP contribution < -0.4 is 5.32 Å². The van der Waals surface area contributed by atoms with Gasteiger partial charge >= 0.3 is 11.9 Å². The Hall–Kier alpha value is -2.37. The number of hydrogen-bond acceptors (Lipinski definition) is 3. The van der Waals surface area contributed by atoms with Crippen molar-refractivity contribution in [1.29, 1.82) is 0 Å². The zero-order chi connectivity index (χ0) is 15.4. The van der Waals surface area contributed by atoms with E-state index in [1.165, 1.54) is 5.56 Å². The summed E-state index contributed by atoms with van der Waals surface area (Å²) in [5.74, 6) is -2.80. The standard InChI is InChI=1S/C15H17NO5/c17-13(18)7-6-12(15(20)21)16-14(19)11-5-4-9-2-1-3-10(9)8-11/h4-5,8,12H,1-3,6-7H2,(H,16,19)(H,17,18)(H,20,21)/t12-/m0/s1. The Kier molecular flexibility index (Phi) is 4.57. The quantitative estimate of drug-likeness (QED) is 0.731. The maximum absolute atomic E-state index is 12.1. The molecule has 6 nitrogen and oxygen atoms in total. The van der Waals surface area contributed by atoms with Crippen LogP contribution in [0.3, 0.4) is 0 Å². The van der Waals surface area contributed by atoms with E-state index < -0.39 is 23.9 Å². The van der Waals surface area contributed by atoms with E-state index in [9.17, 15) is 14.4 Å². The van der Waals surface area contributed by atoms with Gasteiger partial charge in [0.1, 0.15) is 6.04 Å². The van der Waals surface area contributed by atoms with Crippen LogP contribution in [0.4, 0.5) is 0 Å². The van der Waals surface area contributed by atoms with Crippen molar-refractivity contribution in [3.05, 3.63) is 34.9 Å². The Morgan fingerprint density at radius 3 is 2.52 bits per heavy atom. The molecular weight excluding hydrogens is 274 g/mol. The number of hydrogen-bond donors (Lipinski definition) is 3. The molecule has 0 bridgehead atoms. The number of amides is 1. The SMILES string of the molecule is O=C(O)CC[C@H](NC(=O)c1ccc2c(c1)CCC2)C(=O)O. The average molecular weight is 291 g/mol. The number of nitrogens with one attached hydrogen (secondary N) is 1. The number of aliphatic carboxylic acids is 2. The van der Waals surface area contributed by atoms with Gasteiger partial charge in [-0.15, -0.1) is 0 Å². The number of rotatable bonds is 6. The lowest BCUT2D eigenvalue weighted by atomic mass is 10.1. The molecule has 0 saturated heterocycles. The molecule has 3 N–H and O–H groups in total. The second kappa shape index (κ2) is 6.39. The first-order valence-corrected chi connectivity index (χ1v) is 6.84. The van der Waals surface area contributed by atoms with Crippen molar-refractivity contribution >= 4 is 17.8 Å². The predicted molar refractivity (Wildman–Crippen MR) is 74.2 cm³/mol. The second-order valence-electron chi connectivity index (χ2n) is 5.13. The summed E-state index contributed by atoms with van der Waals surface area (Å²) in [5, 5.41) is 20.0. The molecule has 0 unspecified atom stereocenters. The third-order valence-corrected chi connectivity index (χ3v) is 3.61. The van der Waals surface area contributed by atoms with Gasteiger partial charge in [0.2, 0.25) is 0 Å². The molecule has 0 fully saturated rings. The molecular formula is C15H17NO5. The normalized spacial score (nSPS) is 14.3. The summed E-state index contributed by atoms with van der Waals surface area (Å²) in [6, 6.07) is 4.16. The molecule has 1 aliphatic carbocycles. The topological polar surface area (TPSA) is 104 Å². The summed E-state index contributed by atoms with van der Waals surface area (Å²) in [6.45, 7) is 0. The fraction of sp³-hybridized carbons (Fsp3) is 0.400. The van der Waals surface area contributed by atoms with Gasteiger partial charge in [-0.3, -0.25) is 9.59 Å². The highest BCUT2D eigenvalue weighted by molar-refractivity contribution is 5.96. The molecule has 2 rings (SSSR count). The van der Waals surface area contributed by atoms with Gasteiger partial charge in [-0.1, -0.05) is 6.07 Å². The largest absolute Gasteiger partial charge is 0.481 e. The van der Waals surface area contributed by atoms with Crippen LogP contribution in [-0.2, 0) is 22.4 Å². The Morgan fingerprint density at radius 1 is 1.14 bits per heavy atom. The maximum atomic E-state index is 12.1. The van der Waals surface area contributed by atoms with Crippen LogP contribution in [0.5, 0.6) is 0 Å². The van der Waals surface area contributed by atoms with Gasteiger partial charge in [-0.2, -0.15) is 0 Å². The number of aryl methyl sites for hydroxylation is 2. The molecule has 6 heteroatoms. The summed E-state index contributed by atoms with van der Waals surface area (Å²) >= 11 is 0. The highest BCUT2D eigenvalue weighted by Gasteiger charge is 2.22. The monoisotopic (exact) mass is 291 g/mol. The predicted octanol–water partition coefficient (Wildman–Crippen LogP) is 1.22. The van der Waals surface area contributed by atoms with E-state index >= 15 is 0 Å². The minimum atomic E-state index is -1.23. The van der Waals surface area contributed by atoms with Crippen LogP contribution >= 0.6 is 0 Å². The number of carbonyl (C=O) groups is 3. The van der Waals surface area contributed by atoms with Crippen molar-refractivity contribution in [2.24, 2.45) is 0 Å². The van der Waals surface area contributed by atoms with Crippen molar-refractivity contribution in [2.45, 2.75) is 38.1 Å². The first-order chi connectivity index (χ1) is 9.97. The molecule has 1 atom stereocenters. The average Bonchev–Trinajstić information content (AvgIpc) is 2.89. The molecule has 0 radical (unpaired) electrons. The summed E-state index contributed by atoms with van der Waals surface area (Å²) in [7, 11) is 0. The zero-order valence-corrected chi connectivity index (χ0v) is 11.5. The number of carboxylic acids is 2. The van der Waals surface area contributed by atoms with Gasteiger partial charge in [-0.25, -0.2) is 4.79 Å². The van der Waals surface area contributed by atoms with Gasteiger partial charge in [0, 0.05) is 12.0 Å². The van der Waals surface area contributed by atoms with E-state index in [0.717, 1.165) is 24.8 Å². The molecule has 1 aromatic carbocycles. The molecule has 0 aromatic heterocycles. The summed E-state index contributed by atoms with van der Waals surface area (Å²) in [5.41, 5.74) is 2.77. The lowest BCUT2D eigenvalue weighted by Crippen LogP contribution is -2.41. The molecule has 21 heavy (non-hydrogen) atoms. The fourth-order valence-electron chi connectivity index (χ4n) is 2.48. The third kappa shape index (κ3) is 3.81. The Balaban J connectivity index is 2.04. The van der Waals surface area contributed by atoms with Gasteiger partial charge in [-0.05, 0) is 48.9 Å². The molecule has 1 amide bonds. The lowest BCUT2D eigenvalue weighted by Gasteiger charge is -2.14. The van der Waals surface area contributed by atoms with E-state index in [2.05, 4.69) is 5.32 Å². The van der Waals surface area contributed by atoms with E-state index in [1.54, 1.807) is 12.1 Å². The second-order valence-corrected chi connectivity index (χ2v) is 5.13. The van der Waals surface area contributed by atoms with Crippen LogP contribution in [0.25, 0.3) is 0 Å². The van der Waals surface area contributed by atoms with E-state index in [-0.39, 0.29) is 12.8 Å². The zero-order valence-electron chi connectivity index (χ0n) is 11.5. The van der Waals surface area contributed by atoms with Crippen molar-refractivity contribution in [2.75, 3.05) is 0 Å². The number of carbonyl (C=O) groups excluding carboxylic acids is 1. The van der Waals surface area contributed by atoms with Crippen molar-refractivity contribution < 1.29 is 24.6 Å². The van der Waals surface area contributed by atoms with Gasteiger partial charge < -0.3 is 15.5 Å². The summed E-state index contributed by atoms with van der Waals surface area (Å²) in [4.78, 5) is 33.6. The van der Waals surface area contributed by atoms with Crippen LogP contribution in [0, 0.1) is 0 Å². The van der Waals surface area contributed by atoms with Crippen LogP contribution in [0.15, 0.2) is 18.2 Å². The smallest absolute Gasteiger partial charge is 0.326 e. The van der Waals surface area contributed by atoms with Crippen molar-refractivity contribution in [3.8, 4) is 0 Å². The van der Waals surface area contributed by atoms with Crippen LogP contribution in [0.2, 0.25) is 0 Å². The maximum Gasteiger partial charge on any atom is 0.326 e. The molecule has 0 heterocycles. The Bertz CT molecular complexity index is 581. The molecule has 1 aromatic rings. The number of benzene rings is 1. The van der Waals surface area contributed by atoms with E-state index in [0.29, 0.717) is 5.56 Å². The molecule has 0 saturated carbocycles. The highest BCUT2D eigenvalue weighted by atomic mass is 16.4. The minimum absolute atomic E-state index is 0.138. The Morgan fingerprint density at radius 2 is 1.86 bits per heavy atom. The number of carboxylic acid groups (broad SMARTS) is 2. The number of fused-ring (bicyclic) bond motifs is 1. The minimum Gasteiger partial charge on any atom is -0.481 e. The molecule has 0 spiro atoms.